The molecule has 2 rings (SSSR count). The molecule has 0 atom stereocenters. The highest BCUT2D eigenvalue weighted by atomic mass is 16.2. The molecule has 2 aromatic heterocycles. The molecule has 19 heavy (non-hydrogen) atoms. The van der Waals surface area contributed by atoms with Gasteiger partial charge in [-0.05, 0) is 13.0 Å². The van der Waals surface area contributed by atoms with E-state index >= 15 is 0 Å². The van der Waals surface area contributed by atoms with Crippen molar-refractivity contribution in [2.75, 3.05) is 6.54 Å². The maximum atomic E-state index is 12.1. The topological polar surface area (TPSA) is 101 Å². The highest BCUT2D eigenvalue weighted by Crippen LogP contribution is 1.93. The Hall–Kier alpha value is -2.22. The van der Waals surface area contributed by atoms with Gasteiger partial charge in [0.05, 0.1) is 6.54 Å². The van der Waals surface area contributed by atoms with E-state index in [-0.39, 0.29) is 17.8 Å². The smallest absolute Gasteiger partial charge is 0.330 e. The Bertz CT molecular complexity index is 668. The minimum atomic E-state index is -0.355. The number of nitrogens with two attached hydrogens (primary N) is 1. The molecule has 0 aromatic carbocycles. The first-order chi connectivity index (χ1) is 9.11. The number of hydrogen-bond donors (Lipinski definition) is 1. The second-order valence-corrected chi connectivity index (χ2v) is 4.24. The van der Waals surface area contributed by atoms with Crippen molar-refractivity contribution in [3.63, 3.8) is 0 Å². The molecule has 2 N–H and O–H groups in total. The lowest BCUT2D eigenvalue weighted by Crippen LogP contribution is -2.39. The minimum absolute atomic E-state index is 0.287. The quantitative estimate of drug-likeness (QED) is 0.711. The van der Waals surface area contributed by atoms with E-state index in [0.717, 1.165) is 0 Å². The largest absolute Gasteiger partial charge is 0.331 e. The Balaban J connectivity index is 2.31. The van der Waals surface area contributed by atoms with Crippen LogP contribution in [0.3, 0.4) is 0 Å². The van der Waals surface area contributed by atoms with Gasteiger partial charge in [-0.15, -0.1) is 5.10 Å². The Labute approximate surface area is 109 Å². The van der Waals surface area contributed by atoms with Gasteiger partial charge in [0.1, 0.15) is 5.69 Å². The van der Waals surface area contributed by atoms with Crippen molar-refractivity contribution >= 4 is 0 Å². The summed E-state index contributed by atoms with van der Waals surface area (Å²) in [6, 6.07) is 1.37. The van der Waals surface area contributed by atoms with Crippen molar-refractivity contribution in [2.45, 2.75) is 19.5 Å². The average molecular weight is 264 g/mol. The Morgan fingerprint density at radius 2 is 2.16 bits per heavy atom. The first kappa shape index (κ1) is 13.2. The second kappa shape index (κ2) is 5.61. The molecule has 2 heterocycles. The molecule has 102 valence electrons. The Kier molecular flexibility index (Phi) is 3.91. The average Bonchev–Trinajstić information content (AvgIpc) is 2.78. The van der Waals surface area contributed by atoms with E-state index in [1.807, 2.05) is 0 Å². The summed E-state index contributed by atoms with van der Waals surface area (Å²) < 4.78 is 4.18. The third-order valence-electron chi connectivity index (χ3n) is 2.71. The second-order valence-electron chi connectivity index (χ2n) is 4.24. The number of nitrogens with zero attached hydrogens (tertiary/aromatic N) is 5. The van der Waals surface area contributed by atoms with Gasteiger partial charge in [-0.3, -0.25) is 18.6 Å². The van der Waals surface area contributed by atoms with Crippen LogP contribution in [0, 0.1) is 0 Å². The highest BCUT2D eigenvalue weighted by Gasteiger charge is 2.07. The van der Waals surface area contributed by atoms with Crippen LogP contribution in [0.25, 0.3) is 0 Å². The molecule has 0 spiro atoms. The minimum Gasteiger partial charge on any atom is -0.330 e. The highest BCUT2D eigenvalue weighted by molar-refractivity contribution is 4.96. The third kappa shape index (κ3) is 2.97. The van der Waals surface area contributed by atoms with E-state index in [2.05, 4.69) is 10.3 Å². The number of rotatable bonds is 5. The standard InChI is InChI=1S/C11H16N6O2/c1-15-7-9(13-14-15)8-16-6-3-10(18)17(11(16)19)5-2-4-12/h3,6-7H,2,4-5,8,12H2,1H3. The van der Waals surface area contributed by atoms with Gasteiger partial charge in [-0.25, -0.2) is 4.79 Å². The summed E-state index contributed by atoms with van der Waals surface area (Å²) in [5.41, 5.74) is 5.39. The number of hydrogen-bond acceptors (Lipinski definition) is 5. The van der Waals surface area contributed by atoms with Gasteiger partial charge in [0, 0.05) is 32.1 Å². The molecule has 0 radical (unpaired) electrons. The lowest BCUT2D eigenvalue weighted by molar-refractivity contribution is 0.552. The van der Waals surface area contributed by atoms with E-state index < -0.39 is 0 Å². The molecule has 2 aromatic rings. The zero-order valence-corrected chi connectivity index (χ0v) is 10.7. The maximum absolute atomic E-state index is 12.1. The van der Waals surface area contributed by atoms with Crippen LogP contribution in [0.1, 0.15) is 12.1 Å². The van der Waals surface area contributed by atoms with Gasteiger partial charge >= 0.3 is 5.69 Å². The van der Waals surface area contributed by atoms with Crippen molar-refractivity contribution in [2.24, 2.45) is 12.8 Å². The maximum Gasteiger partial charge on any atom is 0.331 e. The molecule has 0 aliphatic rings. The fourth-order valence-corrected chi connectivity index (χ4v) is 1.77. The molecular weight excluding hydrogens is 248 g/mol. The van der Waals surface area contributed by atoms with Crippen LogP contribution in [-0.2, 0) is 20.1 Å². The van der Waals surface area contributed by atoms with Crippen molar-refractivity contribution in [1.82, 2.24) is 24.1 Å². The van der Waals surface area contributed by atoms with Crippen LogP contribution in [0.2, 0.25) is 0 Å². The van der Waals surface area contributed by atoms with Gasteiger partial charge in [0.15, 0.2) is 0 Å². The Morgan fingerprint density at radius 1 is 1.37 bits per heavy atom. The van der Waals surface area contributed by atoms with Crippen molar-refractivity contribution in [1.29, 1.82) is 0 Å². The summed E-state index contributed by atoms with van der Waals surface area (Å²) in [4.78, 5) is 23.8. The zero-order valence-electron chi connectivity index (χ0n) is 10.7. The van der Waals surface area contributed by atoms with Crippen LogP contribution in [0.4, 0.5) is 0 Å². The summed E-state index contributed by atoms with van der Waals surface area (Å²) in [6.07, 6.45) is 3.78. The molecule has 0 amide bonds. The van der Waals surface area contributed by atoms with Gasteiger partial charge in [-0.1, -0.05) is 5.21 Å². The molecule has 0 saturated carbocycles. The first-order valence-electron chi connectivity index (χ1n) is 5.97. The van der Waals surface area contributed by atoms with Gasteiger partial charge < -0.3 is 5.73 Å². The van der Waals surface area contributed by atoms with E-state index in [1.165, 1.54) is 21.4 Å². The molecule has 0 saturated heterocycles. The van der Waals surface area contributed by atoms with Crippen molar-refractivity contribution in [3.05, 3.63) is 45.0 Å². The third-order valence-corrected chi connectivity index (χ3v) is 2.71. The monoisotopic (exact) mass is 264 g/mol. The summed E-state index contributed by atoms with van der Waals surface area (Å²) >= 11 is 0. The molecule has 0 bridgehead atoms. The van der Waals surface area contributed by atoms with E-state index in [1.54, 1.807) is 17.9 Å². The molecule has 8 nitrogen and oxygen atoms in total. The normalized spacial score (nSPS) is 10.8. The van der Waals surface area contributed by atoms with Crippen LogP contribution < -0.4 is 17.0 Å². The summed E-state index contributed by atoms with van der Waals surface area (Å²) in [6.45, 7) is 1.05. The molecule has 0 fully saturated rings. The van der Waals surface area contributed by atoms with E-state index in [9.17, 15) is 9.59 Å². The molecule has 0 aliphatic heterocycles. The zero-order chi connectivity index (χ0) is 13.8. The lowest BCUT2D eigenvalue weighted by Gasteiger charge is -2.07. The number of aromatic nitrogens is 5. The SMILES string of the molecule is Cn1cc(Cn2ccc(=O)n(CCCN)c2=O)nn1. The first-order valence-corrected chi connectivity index (χ1v) is 5.97. The van der Waals surface area contributed by atoms with Gasteiger partial charge in [0.25, 0.3) is 5.56 Å². The van der Waals surface area contributed by atoms with Crippen LogP contribution in [-0.4, -0.2) is 30.7 Å². The van der Waals surface area contributed by atoms with Gasteiger partial charge in [-0.2, -0.15) is 0 Å². The molecule has 0 unspecified atom stereocenters. The summed E-state index contributed by atoms with van der Waals surface area (Å²) in [5, 5.41) is 7.71. The van der Waals surface area contributed by atoms with E-state index in [0.29, 0.717) is 25.2 Å². The van der Waals surface area contributed by atoms with Crippen LogP contribution in [0.15, 0.2) is 28.0 Å². The fourth-order valence-electron chi connectivity index (χ4n) is 1.77. The van der Waals surface area contributed by atoms with Crippen LogP contribution >= 0.6 is 0 Å². The van der Waals surface area contributed by atoms with Crippen LogP contribution in [0.5, 0.6) is 0 Å². The van der Waals surface area contributed by atoms with E-state index in [4.69, 9.17) is 5.73 Å². The lowest BCUT2D eigenvalue weighted by atomic mass is 10.4. The summed E-state index contributed by atoms with van der Waals surface area (Å²) in [7, 11) is 1.75. The predicted molar refractivity (Wildman–Crippen MR) is 68.7 cm³/mol. The molecular formula is C11H16N6O2. The molecule has 0 aliphatic carbocycles. The fraction of sp³-hybridized carbons (Fsp3) is 0.455. The van der Waals surface area contributed by atoms with Crippen molar-refractivity contribution < 1.29 is 0 Å². The predicted octanol–water partition coefficient (Wildman–Crippen LogP) is -1.46. The number of aryl methyl sites for hydroxylation is 1. The molecule has 8 heteroatoms. The van der Waals surface area contributed by atoms with Gasteiger partial charge in [0.2, 0.25) is 0 Å². The van der Waals surface area contributed by atoms with Crippen molar-refractivity contribution in [3.8, 4) is 0 Å². The Morgan fingerprint density at radius 3 is 2.79 bits per heavy atom. The summed E-state index contributed by atoms with van der Waals surface area (Å²) in [5.74, 6) is 0.